The summed E-state index contributed by atoms with van der Waals surface area (Å²) in [5.74, 6) is 1.71. The molecule has 0 unspecified atom stereocenters. The maximum atomic E-state index is 5.93. The van der Waals surface area contributed by atoms with E-state index in [1.54, 1.807) is 0 Å². The highest BCUT2D eigenvalue weighted by atomic mass is 16.5. The highest BCUT2D eigenvalue weighted by Crippen LogP contribution is 2.29. The zero-order valence-corrected chi connectivity index (χ0v) is 12.8. The minimum atomic E-state index is 0.844. The number of hydrogen-bond acceptors (Lipinski definition) is 2. The highest BCUT2D eigenvalue weighted by Gasteiger charge is 2.07. The largest absolute Gasteiger partial charge is 0.457 e. The smallest absolute Gasteiger partial charge is 0.137 e. The van der Waals surface area contributed by atoms with Gasteiger partial charge in [0.1, 0.15) is 17.1 Å². The lowest BCUT2D eigenvalue weighted by Crippen LogP contribution is -1.88. The quantitative estimate of drug-likeness (QED) is 0.526. The van der Waals surface area contributed by atoms with Crippen molar-refractivity contribution in [2.24, 2.45) is 0 Å². The van der Waals surface area contributed by atoms with Crippen LogP contribution in [0.2, 0.25) is 0 Å². The first-order valence-electron chi connectivity index (χ1n) is 7.57. The second-order valence-corrected chi connectivity index (χ2v) is 5.49. The van der Waals surface area contributed by atoms with Crippen molar-refractivity contribution in [2.75, 3.05) is 0 Å². The number of benzene rings is 2. The van der Waals surface area contributed by atoms with E-state index < -0.39 is 0 Å². The average molecular weight is 300 g/mol. The molecule has 4 aromatic rings. The topological polar surface area (TPSA) is 26.5 Å². The standard InChI is InChI=1S/C20H16N2O/c1-15-13-16(18-14-22-12-6-5-9-20(22)21-18)10-11-19(15)23-17-7-3-2-4-8-17/h2-14H,1H3. The van der Waals surface area contributed by atoms with Gasteiger partial charge in [-0.1, -0.05) is 24.3 Å². The van der Waals surface area contributed by atoms with Crippen LogP contribution in [0.4, 0.5) is 0 Å². The van der Waals surface area contributed by atoms with E-state index in [0.29, 0.717) is 0 Å². The van der Waals surface area contributed by atoms with Gasteiger partial charge in [0.15, 0.2) is 0 Å². The Morgan fingerprint density at radius 1 is 0.913 bits per heavy atom. The van der Waals surface area contributed by atoms with E-state index in [-0.39, 0.29) is 0 Å². The Morgan fingerprint density at radius 3 is 2.52 bits per heavy atom. The number of imidazole rings is 1. The van der Waals surface area contributed by atoms with E-state index in [1.807, 2.05) is 77.5 Å². The van der Waals surface area contributed by atoms with Gasteiger partial charge in [-0.2, -0.15) is 0 Å². The molecule has 4 rings (SSSR count). The van der Waals surface area contributed by atoms with Gasteiger partial charge in [0, 0.05) is 18.0 Å². The molecule has 0 aliphatic rings. The van der Waals surface area contributed by atoms with Crippen LogP contribution in [0, 0.1) is 6.92 Å². The molecule has 2 aromatic carbocycles. The first-order valence-corrected chi connectivity index (χ1v) is 7.57. The van der Waals surface area contributed by atoms with Crippen LogP contribution in [0.25, 0.3) is 16.9 Å². The van der Waals surface area contributed by atoms with Crippen molar-refractivity contribution in [1.29, 1.82) is 0 Å². The number of ether oxygens (including phenoxy) is 1. The molecule has 0 amide bonds. The van der Waals surface area contributed by atoms with Crippen LogP contribution in [0.1, 0.15) is 5.56 Å². The Balaban J connectivity index is 1.67. The third-order valence-corrected chi connectivity index (χ3v) is 3.81. The predicted octanol–water partition coefficient (Wildman–Crippen LogP) is 5.10. The second-order valence-electron chi connectivity index (χ2n) is 5.49. The molecule has 112 valence electrons. The van der Waals surface area contributed by atoms with E-state index in [9.17, 15) is 0 Å². The first-order chi connectivity index (χ1) is 11.3. The van der Waals surface area contributed by atoms with Crippen molar-refractivity contribution in [2.45, 2.75) is 6.92 Å². The Hall–Kier alpha value is -3.07. The summed E-state index contributed by atoms with van der Waals surface area (Å²) in [5, 5.41) is 0. The van der Waals surface area contributed by atoms with Crippen molar-refractivity contribution in [3.63, 3.8) is 0 Å². The van der Waals surface area contributed by atoms with Crippen LogP contribution in [-0.2, 0) is 0 Å². The van der Waals surface area contributed by atoms with Crippen molar-refractivity contribution in [3.05, 3.63) is 84.7 Å². The van der Waals surface area contributed by atoms with Gasteiger partial charge in [-0.05, 0) is 55.0 Å². The molecule has 23 heavy (non-hydrogen) atoms. The molecule has 0 N–H and O–H groups in total. The number of nitrogens with zero attached hydrogens (tertiary/aromatic N) is 2. The fourth-order valence-corrected chi connectivity index (χ4v) is 2.61. The second kappa shape index (κ2) is 5.61. The van der Waals surface area contributed by atoms with E-state index in [1.165, 1.54) is 0 Å². The molecular formula is C20H16N2O. The summed E-state index contributed by atoms with van der Waals surface area (Å²) in [5.41, 5.74) is 4.09. The maximum absolute atomic E-state index is 5.93. The molecule has 0 saturated heterocycles. The zero-order valence-electron chi connectivity index (χ0n) is 12.8. The lowest BCUT2D eigenvalue weighted by atomic mass is 10.1. The Morgan fingerprint density at radius 2 is 1.74 bits per heavy atom. The molecule has 0 bridgehead atoms. The lowest BCUT2D eigenvalue weighted by molar-refractivity contribution is 0.479. The molecule has 0 saturated carbocycles. The molecule has 3 heteroatoms. The van der Waals surface area contributed by atoms with Gasteiger partial charge in [0.25, 0.3) is 0 Å². The summed E-state index contributed by atoms with van der Waals surface area (Å²) in [4.78, 5) is 4.66. The van der Waals surface area contributed by atoms with Crippen LogP contribution in [0.5, 0.6) is 11.5 Å². The number of para-hydroxylation sites is 1. The van der Waals surface area contributed by atoms with Gasteiger partial charge < -0.3 is 9.14 Å². The van der Waals surface area contributed by atoms with Gasteiger partial charge in [0.05, 0.1) is 5.69 Å². The van der Waals surface area contributed by atoms with Crippen molar-refractivity contribution in [1.82, 2.24) is 9.38 Å². The predicted molar refractivity (Wildman–Crippen MR) is 91.9 cm³/mol. The third-order valence-electron chi connectivity index (χ3n) is 3.81. The third kappa shape index (κ3) is 2.69. The fourth-order valence-electron chi connectivity index (χ4n) is 2.61. The average Bonchev–Trinajstić information content (AvgIpc) is 3.02. The SMILES string of the molecule is Cc1cc(-c2cn3ccccc3n2)ccc1Oc1ccccc1. The van der Waals surface area contributed by atoms with Crippen molar-refractivity contribution >= 4 is 5.65 Å². The van der Waals surface area contributed by atoms with Gasteiger partial charge in [0.2, 0.25) is 0 Å². The summed E-state index contributed by atoms with van der Waals surface area (Å²) in [6.07, 6.45) is 4.05. The molecule has 2 heterocycles. The number of aromatic nitrogens is 2. The van der Waals surface area contributed by atoms with Crippen molar-refractivity contribution in [3.8, 4) is 22.8 Å². The molecule has 0 fully saturated rings. The molecule has 2 aromatic heterocycles. The van der Waals surface area contributed by atoms with E-state index >= 15 is 0 Å². The minimum absolute atomic E-state index is 0.844. The summed E-state index contributed by atoms with van der Waals surface area (Å²) in [7, 11) is 0. The van der Waals surface area contributed by atoms with Crippen LogP contribution >= 0.6 is 0 Å². The van der Waals surface area contributed by atoms with E-state index in [0.717, 1.165) is 34.0 Å². The fraction of sp³-hybridized carbons (Fsp3) is 0.0500. The Bertz CT molecular complexity index is 925. The lowest BCUT2D eigenvalue weighted by Gasteiger charge is -2.09. The Kier molecular flexibility index (Phi) is 3.31. The number of fused-ring (bicyclic) bond motifs is 1. The summed E-state index contributed by atoms with van der Waals surface area (Å²) < 4.78 is 7.96. The van der Waals surface area contributed by atoms with Gasteiger partial charge in [-0.3, -0.25) is 0 Å². The van der Waals surface area contributed by atoms with Crippen LogP contribution in [-0.4, -0.2) is 9.38 Å². The Labute approximate surface area is 134 Å². The van der Waals surface area contributed by atoms with E-state index in [2.05, 4.69) is 18.0 Å². The number of pyridine rings is 1. The van der Waals surface area contributed by atoms with Crippen molar-refractivity contribution < 1.29 is 4.74 Å². The first kappa shape index (κ1) is 13.6. The van der Waals surface area contributed by atoms with Gasteiger partial charge >= 0.3 is 0 Å². The number of rotatable bonds is 3. The monoisotopic (exact) mass is 300 g/mol. The number of aryl methyl sites for hydroxylation is 1. The molecule has 0 atom stereocenters. The van der Waals surface area contributed by atoms with Crippen LogP contribution in [0.15, 0.2) is 79.1 Å². The highest BCUT2D eigenvalue weighted by molar-refractivity contribution is 5.65. The maximum Gasteiger partial charge on any atom is 0.137 e. The zero-order chi connectivity index (χ0) is 15.6. The van der Waals surface area contributed by atoms with Crippen LogP contribution in [0.3, 0.4) is 0 Å². The molecule has 0 radical (unpaired) electrons. The molecule has 0 aliphatic heterocycles. The van der Waals surface area contributed by atoms with Gasteiger partial charge in [-0.15, -0.1) is 0 Å². The summed E-state index contributed by atoms with van der Waals surface area (Å²) in [6, 6.07) is 22.0. The molecule has 0 aliphatic carbocycles. The molecule has 3 nitrogen and oxygen atoms in total. The summed E-state index contributed by atoms with van der Waals surface area (Å²) in [6.45, 7) is 2.05. The van der Waals surface area contributed by atoms with Crippen LogP contribution < -0.4 is 4.74 Å². The summed E-state index contributed by atoms with van der Waals surface area (Å²) >= 11 is 0. The normalized spacial score (nSPS) is 10.8. The molecular weight excluding hydrogens is 284 g/mol. The molecule has 0 spiro atoms. The minimum Gasteiger partial charge on any atom is -0.457 e. The van der Waals surface area contributed by atoms with Gasteiger partial charge in [-0.25, -0.2) is 4.98 Å². The van der Waals surface area contributed by atoms with E-state index in [4.69, 9.17) is 4.74 Å². The number of hydrogen-bond donors (Lipinski definition) is 0.